The van der Waals surface area contributed by atoms with Crippen molar-refractivity contribution in [1.82, 2.24) is 0 Å². The number of carboxylic acids is 1. The molecule has 0 aliphatic heterocycles. The number of halogens is 1. The number of aliphatic hydroxyl groups excluding tert-OH is 1. The largest absolute Gasteiger partial charge is 0.479 e. The fourth-order valence-electron chi connectivity index (χ4n) is 1.27. The predicted molar refractivity (Wildman–Crippen MR) is 51.9 cm³/mol. The molecule has 0 aliphatic carbocycles. The molecule has 0 aromatic heterocycles. The lowest BCUT2D eigenvalue weighted by Gasteiger charge is -2.11. The predicted octanol–water partition coefficient (Wildman–Crippen LogP) is 2.13. The summed E-state index contributed by atoms with van der Waals surface area (Å²) in [5, 5.41) is 17.3. The van der Waals surface area contributed by atoms with E-state index in [1.807, 2.05) is 0 Å². The average Bonchev–Trinajstić information content (AvgIpc) is 2.16. The number of alkyl halides is 1. The molecule has 0 aromatic rings. The molecule has 0 saturated carbocycles. The number of carbonyl (C=O) groups is 1. The molecule has 0 aromatic carbocycles. The first kappa shape index (κ1) is 13.4. The van der Waals surface area contributed by atoms with Crippen LogP contribution in [0.4, 0.5) is 4.39 Å². The molecule has 0 spiro atoms. The number of carboxylic acid groups (broad SMARTS) is 1. The molecule has 2 unspecified atom stereocenters. The Labute approximate surface area is 83.9 Å². The first-order valence-electron chi connectivity index (χ1n) is 5.14. The highest BCUT2D eigenvalue weighted by molar-refractivity contribution is 5.72. The van der Waals surface area contributed by atoms with Gasteiger partial charge in [-0.05, 0) is 6.42 Å². The Bertz CT molecular complexity index is 161. The molecule has 0 saturated heterocycles. The molecule has 2 atom stereocenters. The molecule has 3 nitrogen and oxygen atoms in total. The molecule has 0 rings (SSSR count). The number of aliphatic carboxylic acids is 1. The number of unbranched alkanes of at least 4 members (excludes halogenated alkanes) is 4. The van der Waals surface area contributed by atoms with E-state index in [0.717, 1.165) is 25.7 Å². The summed E-state index contributed by atoms with van der Waals surface area (Å²) in [5.41, 5.74) is 0. The van der Waals surface area contributed by atoms with E-state index >= 15 is 0 Å². The van der Waals surface area contributed by atoms with E-state index in [0.29, 0.717) is 6.42 Å². The van der Waals surface area contributed by atoms with E-state index in [-0.39, 0.29) is 6.42 Å². The van der Waals surface area contributed by atoms with Crippen molar-refractivity contribution in [1.29, 1.82) is 0 Å². The van der Waals surface area contributed by atoms with E-state index < -0.39 is 18.2 Å². The molecule has 0 amide bonds. The van der Waals surface area contributed by atoms with E-state index in [9.17, 15) is 9.18 Å². The quantitative estimate of drug-likeness (QED) is 0.598. The zero-order valence-electron chi connectivity index (χ0n) is 8.58. The molecule has 14 heavy (non-hydrogen) atoms. The van der Waals surface area contributed by atoms with E-state index in [1.165, 1.54) is 0 Å². The van der Waals surface area contributed by atoms with Crippen LogP contribution in [0, 0.1) is 0 Å². The molecule has 2 N–H and O–H groups in total. The standard InChI is InChI=1S/C10H19FO3/c1-2-3-4-5-6-7-8(12)9(11)10(13)14/h8-9,12H,2-7H2,1H3,(H,13,14). The van der Waals surface area contributed by atoms with Crippen LogP contribution < -0.4 is 0 Å². The lowest BCUT2D eigenvalue weighted by molar-refractivity contribution is -0.147. The van der Waals surface area contributed by atoms with Crippen molar-refractivity contribution in [2.45, 2.75) is 57.7 Å². The van der Waals surface area contributed by atoms with Crippen LogP contribution in [0.1, 0.15) is 45.4 Å². The van der Waals surface area contributed by atoms with Gasteiger partial charge in [-0.2, -0.15) is 0 Å². The SMILES string of the molecule is CCCCCCCC(O)C(F)C(=O)O. The van der Waals surface area contributed by atoms with Gasteiger partial charge in [-0.25, -0.2) is 9.18 Å². The van der Waals surface area contributed by atoms with E-state index in [4.69, 9.17) is 10.2 Å². The van der Waals surface area contributed by atoms with Gasteiger partial charge in [0.15, 0.2) is 0 Å². The zero-order valence-corrected chi connectivity index (χ0v) is 8.58. The summed E-state index contributed by atoms with van der Waals surface area (Å²) in [5.74, 6) is -1.58. The Kier molecular flexibility index (Phi) is 7.38. The number of hydrogen-bond donors (Lipinski definition) is 2. The van der Waals surface area contributed by atoms with Gasteiger partial charge in [0.25, 0.3) is 0 Å². The summed E-state index contributed by atoms with van der Waals surface area (Å²) in [6.45, 7) is 2.09. The lowest BCUT2D eigenvalue weighted by Crippen LogP contribution is -2.29. The third kappa shape index (κ3) is 5.91. The maximum Gasteiger partial charge on any atom is 0.341 e. The zero-order chi connectivity index (χ0) is 11.0. The number of hydrogen-bond acceptors (Lipinski definition) is 2. The third-order valence-electron chi connectivity index (χ3n) is 2.18. The summed E-state index contributed by atoms with van der Waals surface area (Å²) < 4.78 is 12.6. The number of aliphatic hydroxyl groups is 1. The minimum absolute atomic E-state index is 0.233. The van der Waals surface area contributed by atoms with Crippen molar-refractivity contribution in [2.24, 2.45) is 0 Å². The van der Waals surface area contributed by atoms with Gasteiger partial charge in [0, 0.05) is 0 Å². The Morgan fingerprint density at radius 3 is 2.36 bits per heavy atom. The van der Waals surface area contributed by atoms with Crippen LogP contribution in [0.3, 0.4) is 0 Å². The topological polar surface area (TPSA) is 57.5 Å². The van der Waals surface area contributed by atoms with Crippen molar-refractivity contribution in [3.8, 4) is 0 Å². The summed E-state index contributed by atoms with van der Waals surface area (Å²) in [6, 6.07) is 0. The van der Waals surface area contributed by atoms with Crippen LogP contribution in [0.5, 0.6) is 0 Å². The monoisotopic (exact) mass is 206 g/mol. The molecule has 4 heteroatoms. The van der Waals surface area contributed by atoms with Crippen LogP contribution in [0.25, 0.3) is 0 Å². The van der Waals surface area contributed by atoms with Crippen molar-refractivity contribution >= 4 is 5.97 Å². The maximum absolute atomic E-state index is 12.6. The minimum atomic E-state index is -2.14. The van der Waals surface area contributed by atoms with Crippen molar-refractivity contribution in [3.63, 3.8) is 0 Å². The van der Waals surface area contributed by atoms with Crippen LogP contribution in [-0.4, -0.2) is 28.5 Å². The van der Waals surface area contributed by atoms with Gasteiger partial charge in [-0.1, -0.05) is 39.0 Å². The van der Waals surface area contributed by atoms with Gasteiger partial charge in [0.05, 0.1) is 6.10 Å². The minimum Gasteiger partial charge on any atom is -0.479 e. The molecule has 0 bridgehead atoms. The Morgan fingerprint density at radius 2 is 1.86 bits per heavy atom. The van der Waals surface area contributed by atoms with Gasteiger partial charge in [0.2, 0.25) is 6.17 Å². The first-order valence-corrected chi connectivity index (χ1v) is 5.14. The Balaban J connectivity index is 3.43. The van der Waals surface area contributed by atoms with Gasteiger partial charge in [-0.3, -0.25) is 0 Å². The van der Waals surface area contributed by atoms with E-state index in [2.05, 4.69) is 6.92 Å². The third-order valence-corrected chi connectivity index (χ3v) is 2.18. The fourth-order valence-corrected chi connectivity index (χ4v) is 1.27. The maximum atomic E-state index is 12.6. The van der Waals surface area contributed by atoms with E-state index in [1.54, 1.807) is 0 Å². The fraction of sp³-hybridized carbons (Fsp3) is 0.900. The summed E-state index contributed by atoms with van der Waals surface area (Å²) >= 11 is 0. The van der Waals surface area contributed by atoms with Gasteiger partial charge >= 0.3 is 5.97 Å². The van der Waals surface area contributed by atoms with Crippen LogP contribution in [0.2, 0.25) is 0 Å². The van der Waals surface area contributed by atoms with Crippen molar-refractivity contribution < 1.29 is 19.4 Å². The second-order valence-electron chi connectivity index (χ2n) is 3.51. The lowest BCUT2D eigenvalue weighted by atomic mass is 10.1. The number of rotatable bonds is 8. The van der Waals surface area contributed by atoms with Gasteiger partial charge in [0.1, 0.15) is 0 Å². The van der Waals surface area contributed by atoms with Crippen LogP contribution >= 0.6 is 0 Å². The van der Waals surface area contributed by atoms with Crippen LogP contribution in [-0.2, 0) is 4.79 Å². The molecule has 0 fully saturated rings. The smallest absolute Gasteiger partial charge is 0.341 e. The highest BCUT2D eigenvalue weighted by Crippen LogP contribution is 2.11. The van der Waals surface area contributed by atoms with Crippen molar-refractivity contribution in [2.75, 3.05) is 0 Å². The summed E-state index contributed by atoms with van der Waals surface area (Å²) in [6.07, 6.45) is 1.68. The highest BCUT2D eigenvalue weighted by Gasteiger charge is 2.24. The summed E-state index contributed by atoms with van der Waals surface area (Å²) in [7, 11) is 0. The normalized spacial score (nSPS) is 15.1. The molecule has 0 heterocycles. The summed E-state index contributed by atoms with van der Waals surface area (Å²) in [4.78, 5) is 10.1. The van der Waals surface area contributed by atoms with Crippen LogP contribution in [0.15, 0.2) is 0 Å². The van der Waals surface area contributed by atoms with Crippen molar-refractivity contribution in [3.05, 3.63) is 0 Å². The Morgan fingerprint density at radius 1 is 1.29 bits per heavy atom. The molecule has 0 radical (unpaired) electrons. The molecular weight excluding hydrogens is 187 g/mol. The average molecular weight is 206 g/mol. The highest BCUT2D eigenvalue weighted by atomic mass is 19.1. The first-order chi connectivity index (χ1) is 6.59. The molecule has 84 valence electrons. The second kappa shape index (κ2) is 7.74. The van der Waals surface area contributed by atoms with Gasteiger partial charge in [-0.15, -0.1) is 0 Å². The second-order valence-corrected chi connectivity index (χ2v) is 3.51. The van der Waals surface area contributed by atoms with Gasteiger partial charge < -0.3 is 10.2 Å². The molecule has 0 aliphatic rings. The molecular formula is C10H19FO3. The Hall–Kier alpha value is -0.640.